The first-order valence-electron chi connectivity index (χ1n) is 8.76. The maximum absolute atomic E-state index is 14.0. The zero-order valence-corrected chi connectivity index (χ0v) is 16.7. The van der Waals surface area contributed by atoms with E-state index in [0.29, 0.717) is 33.6 Å². The number of aliphatic hydroxyl groups is 1. The van der Waals surface area contributed by atoms with Crippen molar-refractivity contribution in [2.24, 2.45) is 7.05 Å². The van der Waals surface area contributed by atoms with Crippen LogP contribution in [0.1, 0.15) is 10.4 Å². The lowest BCUT2D eigenvalue weighted by molar-refractivity contribution is 0.0600. The summed E-state index contributed by atoms with van der Waals surface area (Å²) in [5, 5.41) is 18.9. The number of halogens is 1. The van der Waals surface area contributed by atoms with Crippen LogP contribution >= 0.6 is 11.8 Å². The third-order valence-corrected chi connectivity index (χ3v) is 5.22. The third-order valence-electron chi connectivity index (χ3n) is 4.05. The monoisotopic (exact) mass is 417 g/mol. The van der Waals surface area contributed by atoms with E-state index in [2.05, 4.69) is 14.9 Å². The molecule has 7 nitrogen and oxygen atoms in total. The number of aliphatic hydroxyl groups excluding tert-OH is 1. The van der Waals surface area contributed by atoms with Crippen molar-refractivity contribution in [2.45, 2.75) is 11.3 Å². The first kappa shape index (κ1) is 20.8. The second-order valence-corrected chi connectivity index (χ2v) is 7.13. The molecule has 1 unspecified atom stereocenters. The van der Waals surface area contributed by atoms with Gasteiger partial charge in [0.05, 0.1) is 24.3 Å². The zero-order valence-electron chi connectivity index (χ0n) is 15.9. The second kappa shape index (κ2) is 9.53. The number of thioether (sulfide) groups is 1. The van der Waals surface area contributed by atoms with Gasteiger partial charge in [-0.2, -0.15) is 0 Å². The second-order valence-electron chi connectivity index (χ2n) is 6.14. The summed E-state index contributed by atoms with van der Waals surface area (Å²) in [7, 11) is 3.05. The van der Waals surface area contributed by atoms with Gasteiger partial charge in [-0.3, -0.25) is 0 Å². The first-order valence-corrected chi connectivity index (χ1v) is 9.74. The minimum absolute atomic E-state index is 0.0373. The van der Waals surface area contributed by atoms with E-state index in [0.717, 1.165) is 0 Å². The van der Waals surface area contributed by atoms with Crippen LogP contribution in [0.3, 0.4) is 0 Å². The summed E-state index contributed by atoms with van der Waals surface area (Å²) in [6, 6.07) is 12.9. The van der Waals surface area contributed by atoms with Gasteiger partial charge in [0.15, 0.2) is 11.0 Å². The predicted molar refractivity (Wildman–Crippen MR) is 106 cm³/mol. The largest absolute Gasteiger partial charge is 0.491 e. The molecule has 0 saturated carbocycles. The summed E-state index contributed by atoms with van der Waals surface area (Å²) in [6.07, 6.45) is -0.782. The molecular weight excluding hydrogens is 397 g/mol. The van der Waals surface area contributed by atoms with Crippen LogP contribution in [-0.2, 0) is 11.8 Å². The molecule has 1 N–H and O–H groups in total. The quantitative estimate of drug-likeness (QED) is 0.445. The van der Waals surface area contributed by atoms with Crippen molar-refractivity contribution in [3.05, 3.63) is 59.9 Å². The molecule has 1 heterocycles. The normalized spacial score (nSPS) is 11.9. The van der Waals surface area contributed by atoms with E-state index in [1.807, 2.05) is 0 Å². The van der Waals surface area contributed by atoms with Gasteiger partial charge >= 0.3 is 5.97 Å². The van der Waals surface area contributed by atoms with E-state index in [1.54, 1.807) is 54.1 Å². The van der Waals surface area contributed by atoms with E-state index in [4.69, 9.17) is 4.74 Å². The Hall–Kier alpha value is -2.91. The summed E-state index contributed by atoms with van der Waals surface area (Å²) in [5.41, 5.74) is 0.734. The predicted octanol–water partition coefficient (Wildman–Crippen LogP) is 2.94. The molecule has 0 fully saturated rings. The molecule has 9 heteroatoms. The number of ether oxygens (including phenoxy) is 2. The smallest absolute Gasteiger partial charge is 0.337 e. The average molecular weight is 417 g/mol. The Bertz CT molecular complexity index is 995. The molecule has 1 aromatic heterocycles. The SMILES string of the molecule is COC(=O)c1cccc(OCC(O)CSc2nnc(-c3ccccc3F)n2C)c1. The molecule has 152 valence electrons. The third kappa shape index (κ3) is 5.12. The fourth-order valence-electron chi connectivity index (χ4n) is 2.56. The molecule has 0 amide bonds. The van der Waals surface area contributed by atoms with Crippen LogP contribution in [0.4, 0.5) is 4.39 Å². The van der Waals surface area contributed by atoms with E-state index >= 15 is 0 Å². The van der Waals surface area contributed by atoms with E-state index in [-0.39, 0.29) is 12.4 Å². The van der Waals surface area contributed by atoms with Crippen LogP contribution in [0.15, 0.2) is 53.7 Å². The van der Waals surface area contributed by atoms with E-state index in [1.165, 1.54) is 24.9 Å². The highest BCUT2D eigenvalue weighted by atomic mass is 32.2. The summed E-state index contributed by atoms with van der Waals surface area (Å²) in [4.78, 5) is 11.6. The van der Waals surface area contributed by atoms with Crippen LogP contribution in [0.5, 0.6) is 5.75 Å². The fraction of sp³-hybridized carbons (Fsp3) is 0.250. The molecule has 0 aliphatic rings. The molecule has 2 aromatic carbocycles. The van der Waals surface area contributed by atoms with Crippen LogP contribution in [0, 0.1) is 5.82 Å². The van der Waals surface area contributed by atoms with Crippen molar-refractivity contribution in [3.8, 4) is 17.1 Å². The Kier molecular flexibility index (Phi) is 6.84. The van der Waals surface area contributed by atoms with Gasteiger partial charge in [0.2, 0.25) is 0 Å². The lowest BCUT2D eigenvalue weighted by atomic mass is 10.2. The molecular formula is C20H20FN3O4S. The number of carbonyl (C=O) groups is 1. The minimum Gasteiger partial charge on any atom is -0.491 e. The van der Waals surface area contributed by atoms with Crippen molar-refractivity contribution in [1.82, 2.24) is 14.8 Å². The van der Waals surface area contributed by atoms with Gasteiger partial charge < -0.3 is 19.1 Å². The topological polar surface area (TPSA) is 86.5 Å². The van der Waals surface area contributed by atoms with E-state index in [9.17, 15) is 14.3 Å². The van der Waals surface area contributed by atoms with E-state index < -0.39 is 12.1 Å². The molecule has 0 aliphatic carbocycles. The summed E-state index contributed by atoms with van der Waals surface area (Å²) in [6.45, 7) is 0.0373. The van der Waals surface area contributed by atoms with Crippen LogP contribution in [0.2, 0.25) is 0 Å². The number of benzene rings is 2. The lowest BCUT2D eigenvalue weighted by Gasteiger charge is -2.12. The molecule has 0 bridgehead atoms. The van der Waals surface area contributed by atoms with Crippen molar-refractivity contribution in [3.63, 3.8) is 0 Å². The maximum atomic E-state index is 14.0. The molecule has 3 rings (SSSR count). The Balaban J connectivity index is 1.56. The standard InChI is InChI=1S/C20H20FN3O4S/c1-24-18(16-8-3-4-9-17(16)21)22-23-20(24)29-12-14(25)11-28-15-7-5-6-13(10-15)19(26)27-2/h3-10,14,25H,11-12H2,1-2H3. The highest BCUT2D eigenvalue weighted by Gasteiger charge is 2.16. The van der Waals surface area contributed by atoms with Gasteiger partial charge in [-0.25, -0.2) is 9.18 Å². The Morgan fingerprint density at radius 1 is 1.24 bits per heavy atom. The highest BCUT2D eigenvalue weighted by molar-refractivity contribution is 7.99. The van der Waals surface area contributed by atoms with Gasteiger partial charge in [-0.05, 0) is 30.3 Å². The van der Waals surface area contributed by atoms with Crippen molar-refractivity contribution in [2.75, 3.05) is 19.5 Å². The molecule has 0 aliphatic heterocycles. The van der Waals surface area contributed by atoms with Gasteiger partial charge in [0.25, 0.3) is 0 Å². The zero-order chi connectivity index (χ0) is 20.8. The number of carbonyl (C=O) groups excluding carboxylic acids is 1. The van der Waals surface area contributed by atoms with Gasteiger partial charge in [0, 0.05) is 12.8 Å². The molecule has 3 aromatic rings. The van der Waals surface area contributed by atoms with Crippen molar-refractivity contribution >= 4 is 17.7 Å². The number of rotatable bonds is 8. The van der Waals surface area contributed by atoms with Crippen molar-refractivity contribution in [1.29, 1.82) is 0 Å². The van der Waals surface area contributed by atoms with Gasteiger partial charge in [0.1, 0.15) is 18.2 Å². The molecule has 0 saturated heterocycles. The average Bonchev–Trinajstić information content (AvgIpc) is 3.10. The van der Waals surface area contributed by atoms with Crippen LogP contribution in [-0.4, -0.2) is 51.4 Å². The summed E-state index contributed by atoms with van der Waals surface area (Å²) < 4.78 is 25.9. The Labute approximate surface area is 171 Å². The van der Waals surface area contributed by atoms with Crippen molar-refractivity contribution < 1.29 is 23.8 Å². The maximum Gasteiger partial charge on any atom is 0.337 e. The molecule has 29 heavy (non-hydrogen) atoms. The number of hydrogen-bond acceptors (Lipinski definition) is 7. The lowest BCUT2D eigenvalue weighted by Crippen LogP contribution is -2.20. The number of esters is 1. The Morgan fingerprint density at radius 3 is 2.79 bits per heavy atom. The first-order chi connectivity index (χ1) is 14.0. The summed E-state index contributed by atoms with van der Waals surface area (Å²) in [5.74, 6) is 0.343. The van der Waals surface area contributed by atoms with Crippen LogP contribution in [0.25, 0.3) is 11.4 Å². The Morgan fingerprint density at radius 2 is 2.03 bits per heavy atom. The van der Waals surface area contributed by atoms with Gasteiger partial charge in [-0.15, -0.1) is 10.2 Å². The number of aromatic nitrogens is 3. The fourth-order valence-corrected chi connectivity index (χ4v) is 3.38. The summed E-state index contributed by atoms with van der Waals surface area (Å²) >= 11 is 1.29. The molecule has 0 spiro atoms. The number of methoxy groups -OCH3 is 1. The van der Waals surface area contributed by atoms with Crippen LogP contribution < -0.4 is 4.74 Å². The number of nitrogens with zero attached hydrogens (tertiary/aromatic N) is 3. The highest BCUT2D eigenvalue weighted by Crippen LogP contribution is 2.25. The molecule has 1 atom stereocenters. The number of hydrogen-bond donors (Lipinski definition) is 1. The molecule has 0 radical (unpaired) electrons. The minimum atomic E-state index is -0.782. The van der Waals surface area contributed by atoms with Gasteiger partial charge in [-0.1, -0.05) is 30.0 Å².